The van der Waals surface area contributed by atoms with Crippen LogP contribution in [0.3, 0.4) is 0 Å². The number of hydrogen-bond donors (Lipinski definition) is 1. The summed E-state index contributed by atoms with van der Waals surface area (Å²) < 4.78 is 1.92. The number of pyridine rings is 1. The van der Waals surface area contributed by atoms with Gasteiger partial charge in [-0.3, -0.25) is 9.36 Å². The second kappa shape index (κ2) is 9.16. The number of anilines is 1. The molecule has 8 nitrogen and oxygen atoms in total. The Bertz CT molecular complexity index is 1050. The minimum atomic E-state index is -0.0991. The molecule has 2 aromatic heterocycles. The van der Waals surface area contributed by atoms with Crippen molar-refractivity contribution >= 4 is 28.7 Å². The Hall–Kier alpha value is -3.42. The Kier molecular flexibility index (Phi) is 6.16. The molecule has 3 heterocycles. The van der Waals surface area contributed by atoms with Crippen molar-refractivity contribution in [2.45, 2.75) is 26.7 Å². The SMILES string of the molecule is CCN(CC)C(=O)N1CCC(C(=O)Nc2ccc(-n3cnc4ccccc43)nc2)CC1. The van der Waals surface area contributed by atoms with Crippen LogP contribution < -0.4 is 5.32 Å². The van der Waals surface area contributed by atoms with Gasteiger partial charge in [0.2, 0.25) is 5.91 Å². The molecule has 1 fully saturated rings. The number of imidazole rings is 1. The van der Waals surface area contributed by atoms with E-state index in [1.165, 1.54) is 0 Å². The highest BCUT2D eigenvalue weighted by Crippen LogP contribution is 2.21. The van der Waals surface area contributed by atoms with E-state index in [9.17, 15) is 9.59 Å². The number of aromatic nitrogens is 3. The zero-order valence-corrected chi connectivity index (χ0v) is 18.0. The minimum absolute atomic E-state index is 0.0161. The number of urea groups is 1. The average Bonchev–Trinajstić information content (AvgIpc) is 3.24. The number of rotatable bonds is 5. The summed E-state index contributed by atoms with van der Waals surface area (Å²) in [5.41, 5.74) is 2.56. The van der Waals surface area contributed by atoms with Crippen molar-refractivity contribution in [3.8, 4) is 5.82 Å². The molecule has 162 valence electrons. The molecular weight excluding hydrogens is 392 g/mol. The molecule has 0 bridgehead atoms. The lowest BCUT2D eigenvalue weighted by atomic mass is 9.96. The lowest BCUT2D eigenvalue weighted by Crippen LogP contribution is -2.47. The fraction of sp³-hybridized carbons (Fsp3) is 0.391. The van der Waals surface area contributed by atoms with Crippen LogP contribution in [0, 0.1) is 5.92 Å². The molecule has 0 unspecified atom stereocenters. The molecule has 0 aliphatic carbocycles. The number of nitrogens with one attached hydrogen (secondary N) is 1. The quantitative estimate of drug-likeness (QED) is 0.684. The smallest absolute Gasteiger partial charge is 0.319 e. The predicted octanol–water partition coefficient (Wildman–Crippen LogP) is 3.53. The third-order valence-electron chi connectivity index (χ3n) is 5.89. The summed E-state index contributed by atoms with van der Waals surface area (Å²) in [6, 6.07) is 11.7. The second-order valence-electron chi connectivity index (χ2n) is 7.71. The summed E-state index contributed by atoms with van der Waals surface area (Å²) in [6.45, 7) is 6.59. The number of nitrogens with zero attached hydrogens (tertiary/aromatic N) is 5. The van der Waals surface area contributed by atoms with Gasteiger partial charge in [0.15, 0.2) is 0 Å². The number of hydrogen-bond acceptors (Lipinski definition) is 4. The van der Waals surface area contributed by atoms with Gasteiger partial charge in [-0.1, -0.05) is 12.1 Å². The van der Waals surface area contributed by atoms with E-state index in [1.54, 1.807) is 12.5 Å². The van der Waals surface area contributed by atoms with E-state index in [2.05, 4.69) is 15.3 Å². The second-order valence-corrected chi connectivity index (χ2v) is 7.71. The van der Waals surface area contributed by atoms with Crippen LogP contribution in [0.25, 0.3) is 16.9 Å². The van der Waals surface area contributed by atoms with Crippen LogP contribution in [-0.4, -0.2) is 62.5 Å². The van der Waals surface area contributed by atoms with Gasteiger partial charge in [0, 0.05) is 32.1 Å². The van der Waals surface area contributed by atoms with Crippen molar-refractivity contribution < 1.29 is 9.59 Å². The lowest BCUT2D eigenvalue weighted by molar-refractivity contribution is -0.121. The van der Waals surface area contributed by atoms with Crippen molar-refractivity contribution in [2.24, 2.45) is 5.92 Å². The Morgan fingerprint density at radius 1 is 1.06 bits per heavy atom. The van der Waals surface area contributed by atoms with Gasteiger partial charge in [-0.15, -0.1) is 0 Å². The van der Waals surface area contributed by atoms with Gasteiger partial charge >= 0.3 is 6.03 Å². The van der Waals surface area contributed by atoms with Gasteiger partial charge in [0.25, 0.3) is 0 Å². The van der Waals surface area contributed by atoms with Crippen LogP contribution in [0.1, 0.15) is 26.7 Å². The van der Waals surface area contributed by atoms with Gasteiger partial charge in [0.1, 0.15) is 12.1 Å². The van der Waals surface area contributed by atoms with E-state index in [0.717, 1.165) is 16.9 Å². The first-order chi connectivity index (χ1) is 15.1. The van der Waals surface area contributed by atoms with Gasteiger partial charge in [0.05, 0.1) is 22.9 Å². The first-order valence-electron chi connectivity index (χ1n) is 10.8. The number of benzene rings is 1. The van der Waals surface area contributed by atoms with E-state index in [0.29, 0.717) is 44.7 Å². The highest BCUT2D eigenvalue weighted by molar-refractivity contribution is 5.92. The first kappa shape index (κ1) is 20.8. The Morgan fingerprint density at radius 2 is 1.81 bits per heavy atom. The maximum atomic E-state index is 12.7. The molecule has 0 radical (unpaired) electrons. The summed E-state index contributed by atoms with van der Waals surface area (Å²) in [5, 5.41) is 2.97. The molecular formula is C23H28N6O2. The fourth-order valence-corrected chi connectivity index (χ4v) is 4.02. The van der Waals surface area contributed by atoms with Gasteiger partial charge in [-0.25, -0.2) is 14.8 Å². The summed E-state index contributed by atoms with van der Waals surface area (Å²) in [6.07, 6.45) is 4.76. The molecule has 1 aliphatic rings. The zero-order chi connectivity index (χ0) is 21.8. The molecule has 1 saturated heterocycles. The molecule has 0 atom stereocenters. The monoisotopic (exact) mass is 420 g/mol. The topological polar surface area (TPSA) is 83.4 Å². The molecule has 4 rings (SSSR count). The van der Waals surface area contributed by atoms with E-state index >= 15 is 0 Å². The highest BCUT2D eigenvalue weighted by Gasteiger charge is 2.29. The predicted molar refractivity (Wildman–Crippen MR) is 120 cm³/mol. The minimum Gasteiger partial charge on any atom is -0.325 e. The Balaban J connectivity index is 1.35. The lowest BCUT2D eigenvalue weighted by Gasteiger charge is -2.34. The Labute approximate surface area is 181 Å². The molecule has 1 aliphatic heterocycles. The van der Waals surface area contributed by atoms with E-state index in [-0.39, 0.29) is 17.9 Å². The largest absolute Gasteiger partial charge is 0.325 e. The maximum absolute atomic E-state index is 12.7. The number of likely N-dealkylation sites (tertiary alicyclic amines) is 1. The average molecular weight is 421 g/mol. The van der Waals surface area contributed by atoms with Gasteiger partial charge < -0.3 is 15.1 Å². The van der Waals surface area contributed by atoms with Crippen LogP contribution in [0.15, 0.2) is 48.9 Å². The van der Waals surface area contributed by atoms with Crippen molar-refractivity contribution in [3.05, 3.63) is 48.9 Å². The molecule has 0 saturated carbocycles. The van der Waals surface area contributed by atoms with Crippen molar-refractivity contribution in [2.75, 3.05) is 31.5 Å². The summed E-state index contributed by atoms with van der Waals surface area (Å²) in [5.74, 6) is 0.630. The third kappa shape index (κ3) is 4.38. The summed E-state index contributed by atoms with van der Waals surface area (Å²) >= 11 is 0. The maximum Gasteiger partial charge on any atom is 0.319 e. The van der Waals surface area contributed by atoms with Crippen LogP contribution >= 0.6 is 0 Å². The van der Waals surface area contributed by atoms with Crippen LogP contribution in [-0.2, 0) is 4.79 Å². The number of amides is 3. The van der Waals surface area contributed by atoms with Crippen molar-refractivity contribution in [1.82, 2.24) is 24.3 Å². The van der Waals surface area contributed by atoms with E-state index in [4.69, 9.17) is 0 Å². The molecule has 1 aromatic carbocycles. The van der Waals surface area contributed by atoms with Gasteiger partial charge in [-0.2, -0.15) is 0 Å². The fourth-order valence-electron chi connectivity index (χ4n) is 4.02. The van der Waals surface area contributed by atoms with E-state index in [1.807, 2.05) is 64.6 Å². The first-order valence-corrected chi connectivity index (χ1v) is 10.8. The summed E-state index contributed by atoms with van der Waals surface area (Å²) in [7, 11) is 0. The molecule has 3 amide bonds. The number of piperidine rings is 1. The number of para-hydroxylation sites is 2. The standard InChI is InChI=1S/C23H28N6O2/c1-3-27(4-2)23(31)28-13-11-17(12-14-28)22(30)26-18-9-10-21(24-15-18)29-16-25-19-7-5-6-8-20(19)29/h5-10,15-17H,3-4,11-14H2,1-2H3,(H,26,30). The molecule has 3 aromatic rings. The Morgan fingerprint density at radius 3 is 2.48 bits per heavy atom. The molecule has 8 heteroatoms. The number of fused-ring (bicyclic) bond motifs is 1. The molecule has 0 spiro atoms. The third-order valence-corrected chi connectivity index (χ3v) is 5.89. The summed E-state index contributed by atoms with van der Waals surface area (Å²) in [4.78, 5) is 37.7. The zero-order valence-electron chi connectivity index (χ0n) is 18.0. The highest BCUT2D eigenvalue weighted by atomic mass is 16.2. The van der Waals surface area contributed by atoms with Crippen molar-refractivity contribution in [1.29, 1.82) is 0 Å². The normalized spacial score (nSPS) is 14.6. The van der Waals surface area contributed by atoms with Gasteiger partial charge in [-0.05, 0) is 51.0 Å². The number of carbonyl (C=O) groups is 2. The van der Waals surface area contributed by atoms with Crippen LogP contribution in [0.5, 0.6) is 0 Å². The molecule has 31 heavy (non-hydrogen) atoms. The number of carbonyl (C=O) groups excluding carboxylic acids is 2. The molecule has 1 N–H and O–H groups in total. The van der Waals surface area contributed by atoms with Crippen LogP contribution in [0.2, 0.25) is 0 Å². The van der Waals surface area contributed by atoms with Crippen LogP contribution in [0.4, 0.5) is 10.5 Å². The van der Waals surface area contributed by atoms with Crippen molar-refractivity contribution in [3.63, 3.8) is 0 Å². The van der Waals surface area contributed by atoms with E-state index < -0.39 is 0 Å².